The number of nitrogen functional groups attached to an aromatic ring is 1. The summed E-state index contributed by atoms with van der Waals surface area (Å²) in [7, 11) is 0. The van der Waals surface area contributed by atoms with Crippen LogP contribution in [0.25, 0.3) is 0 Å². The Kier molecular flexibility index (Phi) is 4.07. The van der Waals surface area contributed by atoms with Crippen LogP contribution in [0.1, 0.15) is 32.6 Å². The smallest absolute Gasteiger partial charge is 0.303 e. The van der Waals surface area contributed by atoms with E-state index in [1.54, 1.807) is 12.1 Å². The Bertz CT molecular complexity index is 402. The largest absolute Gasteiger partial charge is 0.487 e. The molecule has 0 bridgehead atoms. The average Bonchev–Trinajstić information content (AvgIpc) is 2.34. The average molecular weight is 249 g/mol. The number of ether oxygens (including phenoxy) is 2. The highest BCUT2D eigenvalue weighted by atomic mass is 16.6. The van der Waals surface area contributed by atoms with E-state index in [9.17, 15) is 4.79 Å². The van der Waals surface area contributed by atoms with Crippen molar-refractivity contribution in [3.8, 4) is 5.75 Å². The number of hydrogen-bond donors (Lipinski definition) is 1. The number of anilines is 1. The Morgan fingerprint density at radius 2 is 1.78 bits per heavy atom. The van der Waals surface area contributed by atoms with Crippen LogP contribution in [0.2, 0.25) is 0 Å². The molecule has 2 rings (SSSR count). The van der Waals surface area contributed by atoms with Gasteiger partial charge in [-0.2, -0.15) is 0 Å². The van der Waals surface area contributed by atoms with Crippen molar-refractivity contribution in [1.82, 2.24) is 0 Å². The van der Waals surface area contributed by atoms with Gasteiger partial charge in [0.1, 0.15) is 18.0 Å². The molecule has 1 fully saturated rings. The molecule has 4 nitrogen and oxygen atoms in total. The Morgan fingerprint density at radius 3 is 2.39 bits per heavy atom. The van der Waals surface area contributed by atoms with Gasteiger partial charge in [0.2, 0.25) is 0 Å². The molecule has 98 valence electrons. The van der Waals surface area contributed by atoms with Crippen molar-refractivity contribution >= 4 is 11.7 Å². The molecule has 0 heterocycles. The highest BCUT2D eigenvalue weighted by Crippen LogP contribution is 2.26. The molecule has 0 aliphatic heterocycles. The molecule has 1 aromatic carbocycles. The zero-order valence-corrected chi connectivity index (χ0v) is 10.6. The van der Waals surface area contributed by atoms with E-state index in [4.69, 9.17) is 15.2 Å². The van der Waals surface area contributed by atoms with E-state index in [1.165, 1.54) is 6.92 Å². The molecule has 1 aromatic rings. The van der Waals surface area contributed by atoms with Crippen LogP contribution in [0.5, 0.6) is 5.75 Å². The molecule has 0 saturated heterocycles. The van der Waals surface area contributed by atoms with Gasteiger partial charge in [-0.25, -0.2) is 0 Å². The highest BCUT2D eigenvalue weighted by Gasteiger charge is 2.29. The maximum Gasteiger partial charge on any atom is 0.303 e. The molecule has 1 aliphatic carbocycles. The van der Waals surface area contributed by atoms with Gasteiger partial charge in [0.25, 0.3) is 0 Å². The lowest BCUT2D eigenvalue weighted by molar-refractivity contribution is -0.153. The number of nitrogens with two attached hydrogens (primary N) is 1. The molecule has 1 saturated carbocycles. The first-order chi connectivity index (χ1) is 8.65. The molecule has 0 radical (unpaired) electrons. The summed E-state index contributed by atoms with van der Waals surface area (Å²) in [5, 5.41) is 0. The Balaban J connectivity index is 2.00. The van der Waals surface area contributed by atoms with Crippen LogP contribution in [-0.2, 0) is 9.53 Å². The van der Waals surface area contributed by atoms with Crippen LogP contribution < -0.4 is 10.5 Å². The van der Waals surface area contributed by atoms with Crippen molar-refractivity contribution in [3.05, 3.63) is 24.3 Å². The number of rotatable bonds is 3. The van der Waals surface area contributed by atoms with Crippen molar-refractivity contribution in [2.75, 3.05) is 5.73 Å². The van der Waals surface area contributed by atoms with Crippen LogP contribution >= 0.6 is 0 Å². The van der Waals surface area contributed by atoms with Crippen LogP contribution in [0, 0.1) is 0 Å². The zero-order chi connectivity index (χ0) is 13.0. The first kappa shape index (κ1) is 12.7. The molecule has 2 N–H and O–H groups in total. The minimum atomic E-state index is -0.243. The predicted octanol–water partition coefficient (Wildman–Crippen LogP) is 2.52. The fraction of sp³-hybridized carbons (Fsp3) is 0.500. The van der Waals surface area contributed by atoms with E-state index in [0.29, 0.717) is 5.69 Å². The molecule has 0 spiro atoms. The summed E-state index contributed by atoms with van der Waals surface area (Å²) < 4.78 is 11.2. The number of carbonyl (C=O) groups is 1. The van der Waals surface area contributed by atoms with Crippen LogP contribution in [-0.4, -0.2) is 18.2 Å². The predicted molar refractivity (Wildman–Crippen MR) is 69.3 cm³/mol. The topological polar surface area (TPSA) is 61.5 Å². The first-order valence-electron chi connectivity index (χ1n) is 6.34. The standard InChI is InChI=1S/C14H19NO3/c1-10(16)17-13-4-2-3-5-14(13)18-12-8-6-11(15)7-9-12/h6-9,13-14H,2-5,15H2,1H3. The summed E-state index contributed by atoms with van der Waals surface area (Å²) in [5.74, 6) is 0.529. The molecule has 1 aliphatic rings. The lowest BCUT2D eigenvalue weighted by atomic mass is 9.94. The summed E-state index contributed by atoms with van der Waals surface area (Å²) in [5.41, 5.74) is 6.34. The van der Waals surface area contributed by atoms with Gasteiger partial charge in [-0.15, -0.1) is 0 Å². The van der Waals surface area contributed by atoms with Gasteiger partial charge in [-0.1, -0.05) is 0 Å². The minimum Gasteiger partial charge on any atom is -0.487 e. The highest BCUT2D eigenvalue weighted by molar-refractivity contribution is 5.66. The monoisotopic (exact) mass is 249 g/mol. The quantitative estimate of drug-likeness (QED) is 0.660. The van der Waals surface area contributed by atoms with Gasteiger partial charge in [0.05, 0.1) is 0 Å². The number of esters is 1. The van der Waals surface area contributed by atoms with Gasteiger partial charge in [-0.3, -0.25) is 4.79 Å². The van der Waals surface area contributed by atoms with Crippen molar-refractivity contribution in [2.45, 2.75) is 44.8 Å². The third-order valence-corrected chi connectivity index (χ3v) is 3.13. The number of benzene rings is 1. The molecule has 0 aromatic heterocycles. The second kappa shape index (κ2) is 5.76. The lowest BCUT2D eigenvalue weighted by Crippen LogP contribution is -2.38. The minimum absolute atomic E-state index is 0.0497. The fourth-order valence-corrected chi connectivity index (χ4v) is 2.27. The molecule has 2 atom stereocenters. The summed E-state index contributed by atoms with van der Waals surface area (Å²) in [6, 6.07) is 7.29. The van der Waals surface area contributed by atoms with Gasteiger partial charge in [0, 0.05) is 12.6 Å². The van der Waals surface area contributed by atoms with E-state index in [1.807, 2.05) is 12.1 Å². The third-order valence-electron chi connectivity index (χ3n) is 3.13. The summed E-state index contributed by atoms with van der Waals surface area (Å²) in [4.78, 5) is 11.1. The Hall–Kier alpha value is -1.71. The summed E-state index contributed by atoms with van der Waals surface area (Å²) in [6.07, 6.45) is 3.80. The summed E-state index contributed by atoms with van der Waals surface area (Å²) in [6.45, 7) is 1.44. The van der Waals surface area contributed by atoms with Gasteiger partial charge < -0.3 is 15.2 Å². The van der Waals surface area contributed by atoms with Crippen LogP contribution in [0.4, 0.5) is 5.69 Å². The van der Waals surface area contributed by atoms with E-state index in [-0.39, 0.29) is 18.2 Å². The van der Waals surface area contributed by atoms with Gasteiger partial charge in [0.15, 0.2) is 0 Å². The molecule has 4 heteroatoms. The van der Waals surface area contributed by atoms with Gasteiger partial charge >= 0.3 is 5.97 Å². The van der Waals surface area contributed by atoms with E-state index in [0.717, 1.165) is 31.4 Å². The van der Waals surface area contributed by atoms with E-state index >= 15 is 0 Å². The summed E-state index contributed by atoms with van der Waals surface area (Å²) >= 11 is 0. The maximum atomic E-state index is 11.1. The first-order valence-corrected chi connectivity index (χ1v) is 6.34. The number of hydrogen-bond acceptors (Lipinski definition) is 4. The van der Waals surface area contributed by atoms with Gasteiger partial charge in [-0.05, 0) is 49.9 Å². The molecule has 0 amide bonds. The van der Waals surface area contributed by atoms with Crippen molar-refractivity contribution in [1.29, 1.82) is 0 Å². The second-order valence-electron chi connectivity index (χ2n) is 4.66. The van der Waals surface area contributed by atoms with Crippen molar-refractivity contribution < 1.29 is 14.3 Å². The van der Waals surface area contributed by atoms with Crippen LogP contribution in [0.3, 0.4) is 0 Å². The SMILES string of the molecule is CC(=O)OC1CCCCC1Oc1ccc(N)cc1. The van der Waals surface area contributed by atoms with E-state index < -0.39 is 0 Å². The van der Waals surface area contributed by atoms with Crippen molar-refractivity contribution in [3.63, 3.8) is 0 Å². The van der Waals surface area contributed by atoms with Crippen molar-refractivity contribution in [2.24, 2.45) is 0 Å². The molecule has 18 heavy (non-hydrogen) atoms. The molecular weight excluding hydrogens is 230 g/mol. The van der Waals surface area contributed by atoms with E-state index in [2.05, 4.69) is 0 Å². The second-order valence-corrected chi connectivity index (χ2v) is 4.66. The maximum absolute atomic E-state index is 11.1. The fourth-order valence-electron chi connectivity index (χ4n) is 2.27. The number of carbonyl (C=O) groups excluding carboxylic acids is 1. The third kappa shape index (κ3) is 3.39. The normalized spacial score (nSPS) is 23.4. The van der Waals surface area contributed by atoms with Crippen LogP contribution in [0.15, 0.2) is 24.3 Å². The zero-order valence-electron chi connectivity index (χ0n) is 10.6. The lowest BCUT2D eigenvalue weighted by Gasteiger charge is -2.31. The molecular formula is C14H19NO3. The Labute approximate surface area is 107 Å². The Morgan fingerprint density at radius 1 is 1.17 bits per heavy atom. The molecule has 2 unspecified atom stereocenters.